The van der Waals surface area contributed by atoms with Crippen molar-refractivity contribution >= 4 is 10.1 Å². The molecule has 0 rings (SSSR count). The summed E-state index contributed by atoms with van der Waals surface area (Å²) in [5, 5.41) is 26.4. The summed E-state index contributed by atoms with van der Waals surface area (Å²) in [6.07, 6.45) is 0. The van der Waals surface area contributed by atoms with Gasteiger partial charge in [0.25, 0.3) is 0 Å². The quantitative estimate of drug-likeness (QED) is 0.280. The highest BCUT2D eigenvalue weighted by molar-refractivity contribution is 7.85. The molecule has 0 saturated heterocycles. The van der Waals surface area contributed by atoms with Gasteiger partial charge < -0.3 is 19.8 Å². The van der Waals surface area contributed by atoms with Gasteiger partial charge in [-0.1, -0.05) is 0 Å². The van der Waals surface area contributed by atoms with E-state index in [0.717, 1.165) is 0 Å². The third kappa shape index (κ3) is 6.03. The van der Waals surface area contributed by atoms with E-state index in [0.29, 0.717) is 0 Å². The Balaban J connectivity index is 4.75. The zero-order valence-electron chi connectivity index (χ0n) is 8.41. The molecule has 0 aliphatic rings. The van der Waals surface area contributed by atoms with Crippen LogP contribution in [0.4, 0.5) is 0 Å². The standard InChI is InChI=1S/C7H17NO6S/c9-4-1-8(2-5-10,3-6-11)7-15(12,13)14/h9-11H,1-7H2/p+1. The van der Waals surface area contributed by atoms with Crippen LogP contribution in [0.2, 0.25) is 0 Å². The van der Waals surface area contributed by atoms with E-state index in [-0.39, 0.29) is 43.9 Å². The van der Waals surface area contributed by atoms with E-state index >= 15 is 0 Å². The van der Waals surface area contributed by atoms with E-state index in [4.69, 9.17) is 19.9 Å². The van der Waals surface area contributed by atoms with Crippen molar-refractivity contribution in [1.29, 1.82) is 0 Å². The molecule has 0 fully saturated rings. The second-order valence-electron chi connectivity index (χ2n) is 3.39. The van der Waals surface area contributed by atoms with E-state index < -0.39 is 16.0 Å². The summed E-state index contributed by atoms with van der Waals surface area (Å²) in [6.45, 7) is -0.677. The van der Waals surface area contributed by atoms with Crippen LogP contribution in [-0.2, 0) is 10.1 Å². The Kier molecular flexibility index (Phi) is 6.25. The molecule has 0 aliphatic heterocycles. The van der Waals surface area contributed by atoms with Gasteiger partial charge >= 0.3 is 10.1 Å². The van der Waals surface area contributed by atoms with Gasteiger partial charge in [0.1, 0.15) is 19.6 Å². The monoisotopic (exact) mass is 244 g/mol. The second-order valence-corrected chi connectivity index (χ2v) is 4.82. The molecular formula is C7H18NO6S+. The topological polar surface area (TPSA) is 115 Å². The van der Waals surface area contributed by atoms with Crippen LogP contribution in [0.5, 0.6) is 0 Å². The van der Waals surface area contributed by atoms with Crippen LogP contribution in [0.3, 0.4) is 0 Å². The lowest BCUT2D eigenvalue weighted by atomic mass is 10.4. The molecule has 0 aliphatic carbocycles. The van der Waals surface area contributed by atoms with Crippen molar-refractivity contribution in [3.8, 4) is 0 Å². The Morgan fingerprint density at radius 2 is 1.20 bits per heavy atom. The summed E-state index contributed by atoms with van der Waals surface area (Å²) in [5.74, 6) is -0.616. The van der Waals surface area contributed by atoms with Crippen LogP contribution in [0.25, 0.3) is 0 Å². The van der Waals surface area contributed by atoms with E-state index in [1.54, 1.807) is 0 Å². The molecule has 15 heavy (non-hydrogen) atoms. The fourth-order valence-electron chi connectivity index (χ4n) is 1.51. The van der Waals surface area contributed by atoms with Gasteiger partial charge in [-0.25, -0.2) is 0 Å². The van der Waals surface area contributed by atoms with Gasteiger partial charge in [-0.15, -0.1) is 0 Å². The van der Waals surface area contributed by atoms with Gasteiger partial charge in [0.2, 0.25) is 5.88 Å². The Morgan fingerprint density at radius 3 is 1.40 bits per heavy atom. The fraction of sp³-hybridized carbons (Fsp3) is 1.00. The molecule has 0 atom stereocenters. The Bertz CT molecular complexity index is 248. The zero-order chi connectivity index (χ0) is 11.9. The number of rotatable bonds is 8. The average Bonchev–Trinajstić information content (AvgIpc) is 2.01. The molecule has 92 valence electrons. The van der Waals surface area contributed by atoms with Crippen LogP contribution in [0, 0.1) is 0 Å². The highest BCUT2D eigenvalue weighted by Crippen LogP contribution is 2.08. The van der Waals surface area contributed by atoms with Crippen molar-refractivity contribution in [3.63, 3.8) is 0 Å². The first-order valence-corrected chi connectivity index (χ1v) is 6.13. The predicted molar refractivity (Wildman–Crippen MR) is 52.5 cm³/mol. The van der Waals surface area contributed by atoms with Gasteiger partial charge in [0.15, 0.2) is 0 Å². The maximum absolute atomic E-state index is 10.8. The molecule has 0 aromatic rings. The molecule has 0 aromatic carbocycles. The zero-order valence-corrected chi connectivity index (χ0v) is 9.23. The summed E-state index contributed by atoms with van der Waals surface area (Å²) in [6, 6.07) is 0. The molecule has 0 bridgehead atoms. The maximum atomic E-state index is 10.8. The molecule has 4 N–H and O–H groups in total. The van der Waals surface area contributed by atoms with E-state index in [2.05, 4.69) is 0 Å². The number of nitrogens with zero attached hydrogens (tertiary/aromatic N) is 1. The van der Waals surface area contributed by atoms with Crippen molar-refractivity contribution in [2.45, 2.75) is 0 Å². The Morgan fingerprint density at radius 1 is 0.867 bits per heavy atom. The van der Waals surface area contributed by atoms with Gasteiger partial charge in [-0.05, 0) is 0 Å². The molecule has 0 aromatic heterocycles. The van der Waals surface area contributed by atoms with Crippen LogP contribution in [0.1, 0.15) is 0 Å². The first kappa shape index (κ1) is 14.8. The summed E-state index contributed by atoms with van der Waals surface area (Å²) >= 11 is 0. The number of aliphatic hydroxyl groups excluding tert-OH is 3. The molecule has 0 heterocycles. The molecular weight excluding hydrogens is 226 g/mol. The molecule has 7 nitrogen and oxygen atoms in total. The van der Waals surface area contributed by atoms with Crippen LogP contribution >= 0.6 is 0 Å². The average molecular weight is 244 g/mol. The lowest BCUT2D eigenvalue weighted by Crippen LogP contribution is -2.55. The van der Waals surface area contributed by atoms with E-state index in [1.165, 1.54) is 0 Å². The summed E-state index contributed by atoms with van der Waals surface area (Å²) in [7, 11) is -4.21. The van der Waals surface area contributed by atoms with Gasteiger partial charge in [-0.3, -0.25) is 4.55 Å². The highest BCUT2D eigenvalue weighted by atomic mass is 32.2. The van der Waals surface area contributed by atoms with Crippen LogP contribution in [-0.4, -0.2) is 78.1 Å². The Hall–Kier alpha value is -0.250. The van der Waals surface area contributed by atoms with Crippen molar-refractivity contribution in [1.82, 2.24) is 0 Å². The molecule has 0 saturated carbocycles. The normalized spacial score (nSPS) is 13.1. The van der Waals surface area contributed by atoms with Gasteiger partial charge in [0, 0.05) is 0 Å². The maximum Gasteiger partial charge on any atom is 0.316 e. The Labute approximate surface area is 88.9 Å². The van der Waals surface area contributed by atoms with Crippen molar-refractivity contribution in [2.24, 2.45) is 0 Å². The first-order valence-electron chi connectivity index (χ1n) is 4.52. The van der Waals surface area contributed by atoms with Crippen LogP contribution in [0.15, 0.2) is 0 Å². The summed E-state index contributed by atoms with van der Waals surface area (Å²) < 4.78 is 30.0. The lowest BCUT2D eigenvalue weighted by Gasteiger charge is -2.35. The SMILES string of the molecule is O=S(=O)(O)C[N+](CCO)(CCO)CCO. The number of hydrogen-bond donors (Lipinski definition) is 4. The van der Waals surface area contributed by atoms with Crippen molar-refractivity contribution in [3.05, 3.63) is 0 Å². The number of quaternary nitrogens is 1. The first-order chi connectivity index (χ1) is 6.89. The number of hydrogen-bond acceptors (Lipinski definition) is 5. The molecule has 0 spiro atoms. The smallest absolute Gasteiger partial charge is 0.316 e. The van der Waals surface area contributed by atoms with E-state index in [1.807, 2.05) is 0 Å². The second kappa shape index (κ2) is 6.36. The largest absolute Gasteiger partial charge is 0.391 e. The molecule has 0 radical (unpaired) electrons. The fourth-order valence-corrected chi connectivity index (χ4v) is 2.59. The van der Waals surface area contributed by atoms with Crippen molar-refractivity contribution < 1.29 is 32.8 Å². The van der Waals surface area contributed by atoms with Gasteiger partial charge in [0.05, 0.1) is 19.8 Å². The molecule has 0 amide bonds. The molecule has 8 heteroatoms. The third-order valence-corrected chi connectivity index (χ3v) is 3.03. The summed E-state index contributed by atoms with van der Waals surface area (Å²) in [4.78, 5) is 0. The summed E-state index contributed by atoms with van der Waals surface area (Å²) in [5.41, 5.74) is 0. The van der Waals surface area contributed by atoms with Crippen molar-refractivity contribution in [2.75, 3.05) is 45.3 Å². The predicted octanol–water partition coefficient (Wildman–Crippen LogP) is -2.37. The highest BCUT2D eigenvalue weighted by Gasteiger charge is 2.31. The molecule has 0 unspecified atom stereocenters. The number of aliphatic hydroxyl groups is 3. The van der Waals surface area contributed by atoms with Crippen LogP contribution < -0.4 is 0 Å². The minimum Gasteiger partial charge on any atom is -0.391 e. The minimum atomic E-state index is -4.21. The van der Waals surface area contributed by atoms with E-state index in [9.17, 15) is 8.42 Å². The minimum absolute atomic E-state index is 0.0565. The third-order valence-electron chi connectivity index (χ3n) is 2.16. The van der Waals surface area contributed by atoms with Gasteiger partial charge in [-0.2, -0.15) is 8.42 Å². The lowest BCUT2D eigenvalue weighted by molar-refractivity contribution is -0.918.